The van der Waals surface area contributed by atoms with Crippen LogP contribution < -0.4 is 4.74 Å². The fourth-order valence-corrected chi connectivity index (χ4v) is 1.72. The first-order chi connectivity index (χ1) is 9.88. The summed E-state index contributed by atoms with van der Waals surface area (Å²) < 4.78 is 18.9. The molecule has 0 unspecified atom stereocenters. The van der Waals surface area contributed by atoms with Crippen molar-refractivity contribution in [2.24, 2.45) is 0 Å². The van der Waals surface area contributed by atoms with E-state index in [4.69, 9.17) is 21.4 Å². The molecule has 0 saturated heterocycles. The quantitative estimate of drug-likeness (QED) is 0.683. The Morgan fingerprint density at radius 1 is 1.24 bits per heavy atom. The average Bonchev–Trinajstić information content (AvgIpc) is 2.40. The minimum absolute atomic E-state index is 0.179. The van der Waals surface area contributed by atoms with Crippen LogP contribution in [0.3, 0.4) is 0 Å². The molecule has 0 spiro atoms. The monoisotopic (exact) mass is 311 g/mol. The molecule has 2 rings (SSSR count). The molecule has 0 bridgehead atoms. The van der Waals surface area contributed by atoms with Crippen LogP contribution in [0.15, 0.2) is 36.4 Å². The van der Waals surface area contributed by atoms with Gasteiger partial charge in [0.05, 0.1) is 10.5 Å². The van der Waals surface area contributed by atoms with Gasteiger partial charge in [-0.3, -0.25) is 10.1 Å². The second-order valence-corrected chi connectivity index (χ2v) is 4.36. The van der Waals surface area contributed by atoms with E-state index in [0.29, 0.717) is 0 Å². The van der Waals surface area contributed by atoms with Gasteiger partial charge in [0, 0.05) is 17.2 Å². The molecule has 0 aromatic heterocycles. The Hall–Kier alpha value is -2.67. The molecule has 6 nitrogen and oxygen atoms in total. The Morgan fingerprint density at radius 2 is 1.95 bits per heavy atom. The van der Waals surface area contributed by atoms with Crippen LogP contribution in [0.5, 0.6) is 11.5 Å². The normalized spacial score (nSPS) is 10.2. The zero-order valence-corrected chi connectivity index (χ0v) is 11.0. The van der Waals surface area contributed by atoms with E-state index < -0.39 is 16.7 Å². The number of carbonyl (C=O) groups is 1. The molecular weight excluding hydrogens is 305 g/mol. The number of carboxylic acid groups (broad SMARTS) is 1. The van der Waals surface area contributed by atoms with E-state index in [1.807, 2.05) is 0 Å². The molecule has 0 aliphatic heterocycles. The van der Waals surface area contributed by atoms with E-state index >= 15 is 0 Å². The fourth-order valence-electron chi connectivity index (χ4n) is 1.56. The number of ether oxygens (including phenoxy) is 1. The van der Waals surface area contributed by atoms with E-state index in [1.54, 1.807) is 0 Å². The highest BCUT2D eigenvalue weighted by Gasteiger charge is 2.18. The molecule has 21 heavy (non-hydrogen) atoms. The summed E-state index contributed by atoms with van der Waals surface area (Å²) in [5.41, 5.74) is -0.651. The van der Waals surface area contributed by atoms with Crippen LogP contribution in [0.1, 0.15) is 10.4 Å². The minimum atomic E-state index is -1.30. The number of carboxylic acids is 1. The lowest BCUT2D eigenvalue weighted by atomic mass is 10.2. The second-order valence-electron chi connectivity index (χ2n) is 3.92. The number of benzene rings is 2. The van der Waals surface area contributed by atoms with Gasteiger partial charge >= 0.3 is 11.7 Å². The topological polar surface area (TPSA) is 89.7 Å². The molecule has 0 saturated carbocycles. The Kier molecular flexibility index (Phi) is 4.04. The molecule has 0 aliphatic carbocycles. The van der Waals surface area contributed by atoms with Crippen molar-refractivity contribution in [1.82, 2.24) is 0 Å². The maximum absolute atomic E-state index is 13.7. The molecule has 2 aromatic rings. The Labute approximate surface area is 122 Å². The number of aromatic carboxylic acids is 1. The molecule has 1 N–H and O–H groups in total. The van der Waals surface area contributed by atoms with Crippen LogP contribution in [0.2, 0.25) is 5.02 Å². The maximum Gasteiger partial charge on any atom is 0.335 e. The fraction of sp³-hybridized carbons (Fsp3) is 0. The average molecular weight is 312 g/mol. The molecular formula is C13H7ClFNO5. The number of rotatable bonds is 4. The van der Waals surface area contributed by atoms with Gasteiger partial charge in [0.15, 0.2) is 11.6 Å². The van der Waals surface area contributed by atoms with Crippen LogP contribution in [0.4, 0.5) is 10.1 Å². The van der Waals surface area contributed by atoms with Crippen LogP contribution in [0.25, 0.3) is 0 Å². The van der Waals surface area contributed by atoms with Gasteiger partial charge in [-0.2, -0.15) is 0 Å². The molecule has 0 heterocycles. The molecule has 0 fully saturated rings. The highest BCUT2D eigenvalue weighted by atomic mass is 35.5. The third kappa shape index (κ3) is 3.26. The lowest BCUT2D eigenvalue weighted by Crippen LogP contribution is -1.99. The first-order valence-corrected chi connectivity index (χ1v) is 5.91. The van der Waals surface area contributed by atoms with Crippen LogP contribution in [-0.2, 0) is 0 Å². The maximum atomic E-state index is 13.7. The van der Waals surface area contributed by atoms with Gasteiger partial charge in [-0.05, 0) is 24.3 Å². The molecule has 0 atom stereocenters. The Morgan fingerprint density at radius 3 is 2.52 bits per heavy atom. The largest absolute Gasteiger partial charge is 0.478 e. The first kappa shape index (κ1) is 14.7. The summed E-state index contributed by atoms with van der Waals surface area (Å²) in [6.07, 6.45) is 0. The van der Waals surface area contributed by atoms with E-state index in [1.165, 1.54) is 12.1 Å². The van der Waals surface area contributed by atoms with Crippen molar-refractivity contribution in [2.45, 2.75) is 0 Å². The van der Waals surface area contributed by atoms with Crippen molar-refractivity contribution in [3.8, 4) is 11.5 Å². The van der Waals surface area contributed by atoms with Gasteiger partial charge in [-0.15, -0.1) is 0 Å². The summed E-state index contributed by atoms with van der Waals surface area (Å²) in [6, 6.07) is 6.55. The van der Waals surface area contributed by atoms with Crippen molar-refractivity contribution in [2.75, 3.05) is 0 Å². The highest BCUT2D eigenvalue weighted by Crippen LogP contribution is 2.34. The van der Waals surface area contributed by atoms with Gasteiger partial charge < -0.3 is 9.84 Å². The van der Waals surface area contributed by atoms with Crippen molar-refractivity contribution in [3.05, 3.63) is 62.9 Å². The zero-order chi connectivity index (χ0) is 15.6. The molecule has 108 valence electrons. The summed E-state index contributed by atoms with van der Waals surface area (Å²) in [4.78, 5) is 20.9. The van der Waals surface area contributed by atoms with E-state index in [9.17, 15) is 19.3 Å². The van der Waals surface area contributed by atoms with Crippen LogP contribution in [0, 0.1) is 15.9 Å². The number of hydrogen-bond donors (Lipinski definition) is 1. The number of nitro benzene ring substituents is 1. The standard InChI is InChI=1S/C13H7ClFNO5/c14-8-2-3-10(16(19)20)12(6-8)21-11-4-1-7(13(17)18)5-9(11)15/h1-6H,(H,17,18). The summed E-state index contributed by atoms with van der Waals surface area (Å²) in [6.45, 7) is 0. The van der Waals surface area contributed by atoms with Gasteiger partial charge in [0.25, 0.3) is 0 Å². The summed E-state index contributed by atoms with van der Waals surface area (Å²) in [7, 11) is 0. The van der Waals surface area contributed by atoms with Gasteiger partial charge in [-0.25, -0.2) is 9.18 Å². The van der Waals surface area contributed by atoms with Crippen LogP contribution in [-0.4, -0.2) is 16.0 Å². The summed E-state index contributed by atoms with van der Waals surface area (Å²) >= 11 is 5.72. The third-order valence-electron chi connectivity index (χ3n) is 2.52. The lowest BCUT2D eigenvalue weighted by molar-refractivity contribution is -0.385. The molecule has 2 aromatic carbocycles. The zero-order valence-electron chi connectivity index (χ0n) is 10.2. The van der Waals surface area contributed by atoms with Crippen LogP contribution >= 0.6 is 11.6 Å². The SMILES string of the molecule is O=C(O)c1ccc(Oc2cc(Cl)ccc2[N+](=O)[O-])c(F)c1. The first-order valence-electron chi connectivity index (χ1n) is 5.53. The van der Waals surface area contributed by atoms with Gasteiger partial charge in [0.1, 0.15) is 0 Å². The van der Waals surface area contributed by atoms with Crippen molar-refractivity contribution in [3.63, 3.8) is 0 Å². The second kappa shape index (κ2) is 5.76. The molecule has 0 radical (unpaired) electrons. The Balaban J connectivity index is 2.40. The number of nitro groups is 1. The third-order valence-corrected chi connectivity index (χ3v) is 2.75. The molecule has 0 amide bonds. The van der Waals surface area contributed by atoms with Crippen molar-refractivity contribution < 1.29 is 24.0 Å². The van der Waals surface area contributed by atoms with Gasteiger partial charge in [0.2, 0.25) is 5.75 Å². The Bertz CT molecular complexity index is 734. The van der Waals surface area contributed by atoms with E-state index in [-0.39, 0.29) is 27.8 Å². The molecule has 8 heteroatoms. The lowest BCUT2D eigenvalue weighted by Gasteiger charge is -2.08. The summed E-state index contributed by atoms with van der Waals surface area (Å²) in [5.74, 6) is -2.83. The predicted molar refractivity (Wildman–Crippen MR) is 71.5 cm³/mol. The molecule has 0 aliphatic rings. The number of hydrogen-bond acceptors (Lipinski definition) is 4. The summed E-state index contributed by atoms with van der Waals surface area (Å²) in [5, 5.41) is 19.8. The minimum Gasteiger partial charge on any atom is -0.478 e. The van der Waals surface area contributed by atoms with E-state index in [2.05, 4.69) is 0 Å². The number of halogens is 2. The van der Waals surface area contributed by atoms with Crippen molar-refractivity contribution >= 4 is 23.3 Å². The van der Waals surface area contributed by atoms with E-state index in [0.717, 1.165) is 24.3 Å². The predicted octanol–water partition coefficient (Wildman–Crippen LogP) is 3.88. The van der Waals surface area contributed by atoms with Crippen molar-refractivity contribution in [1.29, 1.82) is 0 Å². The van der Waals surface area contributed by atoms with Gasteiger partial charge in [-0.1, -0.05) is 11.6 Å². The highest BCUT2D eigenvalue weighted by molar-refractivity contribution is 6.30. The smallest absolute Gasteiger partial charge is 0.335 e. The number of nitrogens with zero attached hydrogens (tertiary/aromatic N) is 1.